The summed E-state index contributed by atoms with van der Waals surface area (Å²) in [6, 6.07) is 0. The second kappa shape index (κ2) is 3.92. The van der Waals surface area contributed by atoms with Crippen molar-refractivity contribution in [2.24, 2.45) is 5.73 Å². The number of aliphatic hydroxyl groups is 3. The minimum absolute atomic E-state index is 0.456. The van der Waals surface area contributed by atoms with Crippen LogP contribution in [0.25, 0.3) is 0 Å². The van der Waals surface area contributed by atoms with Crippen molar-refractivity contribution in [1.82, 2.24) is 0 Å². The fraction of sp³-hybridized carbons (Fsp3) is 0.750. The molecule has 5 N–H and O–H groups in total. The van der Waals surface area contributed by atoms with Crippen LogP contribution in [0.15, 0.2) is 0 Å². The predicted octanol–water partition coefficient (Wildman–Crippen LogP) is -2.45. The summed E-state index contributed by atoms with van der Waals surface area (Å²) in [5.74, 6) is -0.513. The summed E-state index contributed by atoms with van der Waals surface area (Å²) in [4.78, 5) is 11.1. The normalized spacial score (nSPS) is 43.6. The van der Waals surface area contributed by atoms with Gasteiger partial charge in [-0.05, 0) is 6.92 Å². The Morgan fingerprint density at radius 2 is 2.21 bits per heavy atom. The highest BCUT2D eigenvalue weighted by atomic mass is 16.5. The first-order valence-corrected chi connectivity index (χ1v) is 4.20. The van der Waals surface area contributed by atoms with Gasteiger partial charge in [-0.25, -0.2) is 0 Å². The molecule has 1 radical (unpaired) electrons. The molecule has 0 spiro atoms. The van der Waals surface area contributed by atoms with E-state index in [1.807, 2.05) is 0 Å². The summed E-state index contributed by atoms with van der Waals surface area (Å²) in [5.41, 5.74) is 3.83. The van der Waals surface area contributed by atoms with Crippen LogP contribution in [0.2, 0.25) is 0 Å². The van der Waals surface area contributed by atoms with E-state index in [2.05, 4.69) is 0 Å². The van der Waals surface area contributed by atoms with Gasteiger partial charge in [-0.15, -0.1) is 0 Å². The molecule has 0 aliphatic carbocycles. The van der Waals surface area contributed by atoms with Gasteiger partial charge in [-0.2, -0.15) is 0 Å². The highest BCUT2D eigenvalue weighted by molar-refractivity contribution is 5.88. The maximum Gasteiger partial charge on any atom is 0.155 e. The number of carbonyl (C=O) groups excluding carboxylic acids is 1. The van der Waals surface area contributed by atoms with Gasteiger partial charge in [0.1, 0.15) is 30.5 Å². The van der Waals surface area contributed by atoms with E-state index in [4.69, 9.17) is 15.6 Å². The maximum absolute atomic E-state index is 11.1. The fourth-order valence-electron chi connectivity index (χ4n) is 1.28. The summed E-state index contributed by atoms with van der Waals surface area (Å²) in [7, 11) is 0. The van der Waals surface area contributed by atoms with Crippen LogP contribution in [0.1, 0.15) is 6.92 Å². The average molecular weight is 204 g/mol. The van der Waals surface area contributed by atoms with Gasteiger partial charge in [0.25, 0.3) is 0 Å². The molecule has 0 bridgehead atoms. The zero-order chi connectivity index (χ0) is 10.9. The summed E-state index contributed by atoms with van der Waals surface area (Å²) in [6.07, 6.45) is -3.79. The van der Waals surface area contributed by atoms with Crippen LogP contribution >= 0.6 is 0 Å². The van der Waals surface area contributed by atoms with E-state index in [0.717, 1.165) is 6.61 Å². The molecule has 6 nitrogen and oxygen atoms in total. The molecule has 1 aliphatic rings. The summed E-state index contributed by atoms with van der Waals surface area (Å²) in [6.45, 7) is 1.70. The van der Waals surface area contributed by atoms with Crippen LogP contribution in [-0.4, -0.2) is 51.6 Å². The zero-order valence-electron chi connectivity index (χ0n) is 7.75. The van der Waals surface area contributed by atoms with E-state index in [0.29, 0.717) is 0 Å². The maximum atomic E-state index is 11.1. The van der Waals surface area contributed by atoms with Crippen LogP contribution < -0.4 is 5.73 Å². The molecule has 0 aromatic carbocycles. The van der Waals surface area contributed by atoms with E-state index in [1.54, 1.807) is 0 Å². The third-order valence-corrected chi connectivity index (χ3v) is 2.42. The second-order valence-electron chi connectivity index (χ2n) is 3.40. The SMILES string of the molecule is CC(=O)[C@]1(N)[CH]O[C@H](CO)[C@@H](O)[C@@H]1O. The van der Waals surface area contributed by atoms with Crippen molar-refractivity contribution in [1.29, 1.82) is 0 Å². The molecule has 0 aromatic heterocycles. The van der Waals surface area contributed by atoms with Crippen molar-refractivity contribution in [3.63, 3.8) is 0 Å². The van der Waals surface area contributed by atoms with E-state index in [-0.39, 0.29) is 0 Å². The predicted molar refractivity (Wildman–Crippen MR) is 45.9 cm³/mol. The molecular formula is C8H14NO5. The molecule has 1 heterocycles. The largest absolute Gasteiger partial charge is 0.394 e. The van der Waals surface area contributed by atoms with Crippen LogP contribution in [0.4, 0.5) is 0 Å². The lowest BCUT2D eigenvalue weighted by Crippen LogP contribution is -2.67. The highest BCUT2D eigenvalue weighted by Gasteiger charge is 2.50. The molecule has 6 heteroatoms. The Kier molecular flexibility index (Phi) is 3.23. The standard InChI is InChI=1S/C8H14NO5/c1-4(11)8(9)3-14-5(2-10)6(12)7(8)13/h3,5-7,10,12-13H,2,9H2,1H3/t5-,6-,7+,8-/m1/s1. The van der Waals surface area contributed by atoms with Gasteiger partial charge in [0.05, 0.1) is 6.61 Å². The number of carbonyl (C=O) groups is 1. The van der Waals surface area contributed by atoms with E-state index in [1.165, 1.54) is 6.92 Å². The molecule has 1 rings (SSSR count). The molecule has 0 unspecified atom stereocenters. The molecule has 4 atom stereocenters. The number of ketones is 1. The summed E-state index contributed by atoms with van der Waals surface area (Å²) in [5, 5.41) is 27.7. The fourth-order valence-corrected chi connectivity index (χ4v) is 1.28. The Morgan fingerprint density at radius 3 is 2.64 bits per heavy atom. The van der Waals surface area contributed by atoms with Crippen molar-refractivity contribution in [3.8, 4) is 0 Å². The smallest absolute Gasteiger partial charge is 0.155 e. The number of ether oxygens (including phenoxy) is 1. The van der Waals surface area contributed by atoms with Crippen molar-refractivity contribution in [2.75, 3.05) is 6.61 Å². The van der Waals surface area contributed by atoms with Crippen molar-refractivity contribution < 1.29 is 24.9 Å². The summed E-state index contributed by atoms with van der Waals surface area (Å²) >= 11 is 0. The Balaban J connectivity index is 2.83. The van der Waals surface area contributed by atoms with Gasteiger partial charge in [-0.1, -0.05) is 0 Å². The molecule has 0 amide bonds. The number of hydrogen-bond donors (Lipinski definition) is 4. The molecule has 14 heavy (non-hydrogen) atoms. The lowest BCUT2D eigenvalue weighted by Gasteiger charge is -2.41. The number of aliphatic hydroxyl groups excluding tert-OH is 3. The van der Waals surface area contributed by atoms with Gasteiger partial charge in [-0.3, -0.25) is 4.79 Å². The van der Waals surface area contributed by atoms with E-state index >= 15 is 0 Å². The first-order chi connectivity index (χ1) is 6.43. The molecule has 1 fully saturated rings. The Labute approximate surface area is 81.3 Å². The summed E-state index contributed by atoms with van der Waals surface area (Å²) < 4.78 is 4.86. The van der Waals surface area contributed by atoms with Crippen molar-refractivity contribution >= 4 is 5.78 Å². The minimum Gasteiger partial charge on any atom is -0.394 e. The third kappa shape index (κ3) is 1.67. The second-order valence-corrected chi connectivity index (χ2v) is 3.40. The van der Waals surface area contributed by atoms with Crippen LogP contribution in [0.5, 0.6) is 0 Å². The topological polar surface area (TPSA) is 113 Å². The quantitative estimate of drug-likeness (QED) is 0.397. The Morgan fingerprint density at radius 1 is 1.64 bits per heavy atom. The van der Waals surface area contributed by atoms with E-state index in [9.17, 15) is 15.0 Å². The minimum atomic E-state index is -1.70. The average Bonchev–Trinajstić information content (AvgIpc) is 2.14. The molecule has 0 saturated carbocycles. The first kappa shape index (κ1) is 11.5. The van der Waals surface area contributed by atoms with Gasteiger partial charge in [0, 0.05) is 0 Å². The lowest BCUT2D eigenvalue weighted by molar-refractivity contribution is -0.166. The number of nitrogens with two attached hydrogens (primary N) is 1. The van der Waals surface area contributed by atoms with Crippen LogP contribution in [0, 0.1) is 6.61 Å². The Bertz CT molecular complexity index is 234. The van der Waals surface area contributed by atoms with Crippen molar-refractivity contribution in [3.05, 3.63) is 6.61 Å². The van der Waals surface area contributed by atoms with Gasteiger partial charge < -0.3 is 25.8 Å². The zero-order valence-corrected chi connectivity index (χ0v) is 7.75. The monoisotopic (exact) mass is 204 g/mol. The lowest BCUT2D eigenvalue weighted by atomic mass is 9.83. The van der Waals surface area contributed by atoms with Crippen molar-refractivity contribution in [2.45, 2.75) is 30.8 Å². The van der Waals surface area contributed by atoms with Gasteiger partial charge >= 0.3 is 0 Å². The molecule has 1 aliphatic heterocycles. The number of hydrogen-bond acceptors (Lipinski definition) is 6. The van der Waals surface area contributed by atoms with Crippen LogP contribution in [0.3, 0.4) is 0 Å². The van der Waals surface area contributed by atoms with E-state index < -0.39 is 36.2 Å². The molecule has 81 valence electrons. The number of Topliss-reactive ketones (excluding diaryl/α,β-unsaturated/α-hetero) is 1. The first-order valence-electron chi connectivity index (χ1n) is 4.20. The van der Waals surface area contributed by atoms with Gasteiger partial charge in [0.15, 0.2) is 5.78 Å². The number of rotatable bonds is 2. The van der Waals surface area contributed by atoms with Crippen LogP contribution in [-0.2, 0) is 9.53 Å². The Hall–Kier alpha value is -0.530. The van der Waals surface area contributed by atoms with Gasteiger partial charge in [0.2, 0.25) is 0 Å². The molecule has 0 aromatic rings. The third-order valence-electron chi connectivity index (χ3n) is 2.42. The molecular weight excluding hydrogens is 190 g/mol. The molecule has 1 saturated heterocycles. The highest BCUT2D eigenvalue weighted by Crippen LogP contribution is 2.26.